The topological polar surface area (TPSA) is 32.5 Å². The molecule has 3 atom stereocenters. The number of likely N-dealkylation sites (tertiary alicyclic amines) is 2. The highest BCUT2D eigenvalue weighted by Crippen LogP contribution is 2.42. The molecule has 0 spiro atoms. The summed E-state index contributed by atoms with van der Waals surface area (Å²) in [7, 11) is 0. The maximum Gasteiger partial charge on any atom is 0.0473 e. The van der Waals surface area contributed by atoms with Gasteiger partial charge in [-0.25, -0.2) is 0 Å². The molecule has 0 bridgehead atoms. The molecule has 3 heteroatoms. The van der Waals surface area contributed by atoms with Crippen LogP contribution in [0.3, 0.4) is 0 Å². The lowest BCUT2D eigenvalue weighted by molar-refractivity contribution is 0.0568. The van der Waals surface area contributed by atoms with Crippen molar-refractivity contribution in [2.45, 2.75) is 70.0 Å². The molecule has 1 saturated carbocycles. The Labute approximate surface area is 118 Å². The molecule has 3 unspecified atom stereocenters. The van der Waals surface area contributed by atoms with Crippen LogP contribution in [0.5, 0.6) is 0 Å². The molecule has 2 saturated heterocycles. The van der Waals surface area contributed by atoms with Crippen LogP contribution in [0.2, 0.25) is 0 Å². The molecule has 0 amide bonds. The summed E-state index contributed by atoms with van der Waals surface area (Å²) in [6.45, 7) is 9.23. The summed E-state index contributed by atoms with van der Waals surface area (Å²) in [5, 5.41) is 0. The van der Waals surface area contributed by atoms with Gasteiger partial charge >= 0.3 is 0 Å². The monoisotopic (exact) mass is 265 g/mol. The van der Waals surface area contributed by atoms with E-state index in [1.165, 1.54) is 58.2 Å². The van der Waals surface area contributed by atoms with Crippen molar-refractivity contribution < 1.29 is 0 Å². The van der Waals surface area contributed by atoms with Gasteiger partial charge in [-0.1, -0.05) is 12.8 Å². The molecular weight excluding hydrogens is 234 g/mol. The smallest absolute Gasteiger partial charge is 0.0473 e. The van der Waals surface area contributed by atoms with Gasteiger partial charge in [0, 0.05) is 37.3 Å². The van der Waals surface area contributed by atoms with Gasteiger partial charge in [0.25, 0.3) is 0 Å². The molecule has 110 valence electrons. The predicted octanol–water partition coefficient (Wildman–Crippen LogP) is 2.06. The van der Waals surface area contributed by atoms with Crippen molar-refractivity contribution in [1.29, 1.82) is 0 Å². The molecule has 19 heavy (non-hydrogen) atoms. The Morgan fingerprint density at radius 3 is 2.63 bits per heavy atom. The van der Waals surface area contributed by atoms with Crippen molar-refractivity contribution >= 4 is 0 Å². The summed E-state index contributed by atoms with van der Waals surface area (Å²) in [6, 6.07) is 1.52. The molecule has 3 aliphatic rings. The minimum absolute atomic E-state index is 0.293. The molecule has 2 heterocycles. The molecule has 1 aliphatic carbocycles. The molecule has 0 aromatic carbocycles. The zero-order valence-electron chi connectivity index (χ0n) is 12.8. The van der Waals surface area contributed by atoms with Crippen LogP contribution in [0.25, 0.3) is 0 Å². The first-order valence-electron chi connectivity index (χ1n) is 8.37. The number of nitrogens with zero attached hydrogens (tertiary/aromatic N) is 2. The summed E-state index contributed by atoms with van der Waals surface area (Å²) in [5.74, 6) is 0.977. The van der Waals surface area contributed by atoms with Crippen LogP contribution in [0.1, 0.15) is 52.4 Å². The summed E-state index contributed by atoms with van der Waals surface area (Å²) in [6.07, 6.45) is 8.50. The number of rotatable bonds is 3. The fourth-order valence-electron chi connectivity index (χ4n) is 4.84. The van der Waals surface area contributed by atoms with Gasteiger partial charge < -0.3 is 5.73 Å². The number of hydrogen-bond acceptors (Lipinski definition) is 3. The minimum Gasteiger partial charge on any atom is -0.329 e. The van der Waals surface area contributed by atoms with E-state index in [1.807, 2.05) is 0 Å². The second-order valence-corrected chi connectivity index (χ2v) is 7.34. The number of fused-ring (bicyclic) bond motifs is 1. The highest BCUT2D eigenvalue weighted by molar-refractivity contribution is 5.06. The van der Waals surface area contributed by atoms with Crippen LogP contribution in [0, 0.1) is 5.92 Å². The van der Waals surface area contributed by atoms with E-state index >= 15 is 0 Å². The van der Waals surface area contributed by atoms with E-state index in [1.54, 1.807) is 0 Å². The van der Waals surface area contributed by atoms with Crippen LogP contribution in [-0.2, 0) is 0 Å². The Bertz CT molecular complexity index is 317. The van der Waals surface area contributed by atoms with Crippen LogP contribution < -0.4 is 5.73 Å². The zero-order valence-corrected chi connectivity index (χ0v) is 12.8. The lowest BCUT2D eigenvalue weighted by Crippen LogP contribution is -2.58. The maximum absolute atomic E-state index is 6.26. The van der Waals surface area contributed by atoms with E-state index < -0.39 is 0 Å². The summed E-state index contributed by atoms with van der Waals surface area (Å²) in [5.41, 5.74) is 6.56. The molecule has 2 aliphatic heterocycles. The van der Waals surface area contributed by atoms with Crippen LogP contribution in [-0.4, -0.2) is 53.6 Å². The molecule has 2 N–H and O–H groups in total. The predicted molar refractivity (Wildman–Crippen MR) is 80.2 cm³/mol. The quantitative estimate of drug-likeness (QED) is 0.848. The van der Waals surface area contributed by atoms with E-state index in [0.29, 0.717) is 11.6 Å². The van der Waals surface area contributed by atoms with E-state index in [9.17, 15) is 0 Å². The van der Waals surface area contributed by atoms with Gasteiger partial charge in [0.2, 0.25) is 0 Å². The maximum atomic E-state index is 6.26. The van der Waals surface area contributed by atoms with E-state index in [0.717, 1.165) is 18.5 Å². The number of hydrogen-bond donors (Lipinski definition) is 1. The fourth-order valence-corrected chi connectivity index (χ4v) is 4.84. The van der Waals surface area contributed by atoms with Crippen molar-refractivity contribution in [3.63, 3.8) is 0 Å². The Kier molecular flexibility index (Phi) is 3.89. The van der Waals surface area contributed by atoms with Gasteiger partial charge in [-0.3, -0.25) is 9.80 Å². The van der Waals surface area contributed by atoms with Crippen molar-refractivity contribution in [2.24, 2.45) is 11.7 Å². The molecule has 3 rings (SSSR count). The van der Waals surface area contributed by atoms with Crippen LogP contribution >= 0.6 is 0 Å². The normalized spacial score (nSPS) is 41.1. The van der Waals surface area contributed by atoms with E-state index in [2.05, 4.69) is 23.6 Å². The fraction of sp³-hybridized carbons (Fsp3) is 1.00. The van der Waals surface area contributed by atoms with Gasteiger partial charge in [-0.15, -0.1) is 0 Å². The number of nitrogens with two attached hydrogens (primary N) is 1. The van der Waals surface area contributed by atoms with Crippen molar-refractivity contribution in [3.8, 4) is 0 Å². The third-order valence-electron chi connectivity index (χ3n) is 6.09. The lowest BCUT2D eigenvalue weighted by Gasteiger charge is -2.44. The highest BCUT2D eigenvalue weighted by Gasteiger charge is 2.49. The summed E-state index contributed by atoms with van der Waals surface area (Å²) in [4.78, 5) is 5.47. The van der Waals surface area contributed by atoms with Crippen molar-refractivity contribution in [3.05, 3.63) is 0 Å². The average Bonchev–Trinajstić information content (AvgIpc) is 3.03. The van der Waals surface area contributed by atoms with E-state index in [-0.39, 0.29) is 0 Å². The zero-order chi connectivity index (χ0) is 13.5. The SMILES string of the molecule is CC(C)N1CCC(CN)(N2CCC3CCCCC32)C1. The molecule has 0 aromatic rings. The minimum atomic E-state index is 0.293. The summed E-state index contributed by atoms with van der Waals surface area (Å²) < 4.78 is 0. The molecule has 3 nitrogen and oxygen atoms in total. The Balaban J connectivity index is 1.75. The second-order valence-electron chi connectivity index (χ2n) is 7.34. The summed E-state index contributed by atoms with van der Waals surface area (Å²) >= 11 is 0. The Morgan fingerprint density at radius 2 is 1.95 bits per heavy atom. The lowest BCUT2D eigenvalue weighted by atomic mass is 9.83. The van der Waals surface area contributed by atoms with Gasteiger partial charge in [0.05, 0.1) is 0 Å². The van der Waals surface area contributed by atoms with Crippen molar-refractivity contribution in [1.82, 2.24) is 9.80 Å². The third kappa shape index (κ3) is 2.34. The van der Waals surface area contributed by atoms with Gasteiger partial charge in [-0.05, 0) is 52.0 Å². The largest absolute Gasteiger partial charge is 0.329 e. The molecule has 0 aromatic heterocycles. The highest BCUT2D eigenvalue weighted by atomic mass is 15.3. The van der Waals surface area contributed by atoms with Crippen LogP contribution in [0.15, 0.2) is 0 Å². The molecule has 3 fully saturated rings. The Hall–Kier alpha value is -0.120. The van der Waals surface area contributed by atoms with Gasteiger partial charge in [-0.2, -0.15) is 0 Å². The van der Waals surface area contributed by atoms with Gasteiger partial charge in [0.15, 0.2) is 0 Å². The van der Waals surface area contributed by atoms with Crippen molar-refractivity contribution in [2.75, 3.05) is 26.2 Å². The first kappa shape index (κ1) is 13.8. The van der Waals surface area contributed by atoms with E-state index in [4.69, 9.17) is 5.73 Å². The first-order valence-corrected chi connectivity index (χ1v) is 8.37. The average molecular weight is 265 g/mol. The third-order valence-corrected chi connectivity index (χ3v) is 6.09. The standard InChI is InChI=1S/C16H31N3/c1-13(2)18-10-8-16(11-17,12-18)19-9-7-14-5-3-4-6-15(14)19/h13-15H,3-12,17H2,1-2H3. The molecule has 0 radical (unpaired) electrons. The first-order chi connectivity index (χ1) is 9.16. The van der Waals surface area contributed by atoms with Gasteiger partial charge in [0.1, 0.15) is 0 Å². The Morgan fingerprint density at radius 1 is 1.16 bits per heavy atom. The second kappa shape index (κ2) is 5.34. The van der Waals surface area contributed by atoms with Crippen LogP contribution in [0.4, 0.5) is 0 Å². The molecular formula is C16H31N3.